The molecule has 0 radical (unpaired) electrons. The second kappa shape index (κ2) is 7.03. The second-order valence-electron chi connectivity index (χ2n) is 8.10. The first kappa shape index (κ1) is 18.4. The number of rotatable bonds is 2. The zero-order chi connectivity index (χ0) is 20.0. The zero-order valence-corrected chi connectivity index (χ0v) is 17.3. The van der Waals surface area contributed by atoms with E-state index in [-0.39, 0.29) is 11.4 Å². The predicted octanol–water partition coefficient (Wildman–Crippen LogP) is 7.02. The monoisotopic (exact) mass is 402 g/mol. The average molecular weight is 403 g/mol. The summed E-state index contributed by atoms with van der Waals surface area (Å²) in [6, 6.07) is 20.7. The van der Waals surface area contributed by atoms with Crippen molar-refractivity contribution < 1.29 is 9.53 Å². The van der Waals surface area contributed by atoms with E-state index in [1.807, 2.05) is 6.07 Å². The van der Waals surface area contributed by atoms with Crippen LogP contribution in [-0.2, 0) is 10.2 Å². The molecule has 0 N–H and O–H groups in total. The van der Waals surface area contributed by atoms with E-state index < -0.39 is 0 Å². The van der Waals surface area contributed by atoms with Crippen LogP contribution in [0.3, 0.4) is 0 Å². The van der Waals surface area contributed by atoms with Gasteiger partial charge in [0.25, 0.3) is 0 Å². The topological polar surface area (TPSA) is 26.3 Å². The summed E-state index contributed by atoms with van der Waals surface area (Å²) < 4.78 is 5.07. The maximum Gasteiger partial charge on any atom is 0.338 e. The highest BCUT2D eigenvalue weighted by atomic mass is 35.5. The van der Waals surface area contributed by atoms with Crippen LogP contribution < -0.4 is 0 Å². The molecule has 146 valence electrons. The van der Waals surface area contributed by atoms with Gasteiger partial charge in [-0.25, -0.2) is 4.79 Å². The average Bonchev–Trinajstić information content (AvgIpc) is 3.04. The molecule has 2 aliphatic carbocycles. The van der Waals surface area contributed by atoms with Gasteiger partial charge in [-0.05, 0) is 64.4 Å². The molecule has 3 aromatic rings. The van der Waals surface area contributed by atoms with Gasteiger partial charge in [0.1, 0.15) is 0 Å². The summed E-state index contributed by atoms with van der Waals surface area (Å²) in [4.78, 5) is 12.5. The summed E-state index contributed by atoms with van der Waals surface area (Å²) >= 11 is 6.38. The fraction of sp³-hybridized carbons (Fsp3) is 0.269. The maximum atomic E-state index is 12.5. The van der Waals surface area contributed by atoms with E-state index in [0.717, 1.165) is 24.0 Å². The molecule has 2 aliphatic rings. The van der Waals surface area contributed by atoms with Crippen molar-refractivity contribution in [1.29, 1.82) is 0 Å². The van der Waals surface area contributed by atoms with E-state index in [9.17, 15) is 4.79 Å². The Labute approximate surface area is 176 Å². The molecule has 0 aliphatic heterocycles. The number of halogens is 1. The van der Waals surface area contributed by atoms with E-state index in [0.29, 0.717) is 10.6 Å². The quantitative estimate of drug-likeness (QED) is 0.430. The second-order valence-corrected chi connectivity index (χ2v) is 8.53. The summed E-state index contributed by atoms with van der Waals surface area (Å²) in [5.41, 5.74) is 7.94. The van der Waals surface area contributed by atoms with Gasteiger partial charge in [-0.15, -0.1) is 0 Å². The third kappa shape index (κ3) is 2.73. The van der Waals surface area contributed by atoms with Crippen LogP contribution in [0, 0.1) is 0 Å². The van der Waals surface area contributed by atoms with E-state index >= 15 is 0 Å². The van der Waals surface area contributed by atoms with Crippen molar-refractivity contribution in [2.24, 2.45) is 0 Å². The summed E-state index contributed by atoms with van der Waals surface area (Å²) in [5.74, 6) is -0.331. The molecule has 0 unspecified atom stereocenters. The summed E-state index contributed by atoms with van der Waals surface area (Å²) in [6.07, 6.45) is 6.01. The number of esters is 1. The number of carbonyl (C=O) groups is 1. The third-order valence-electron chi connectivity index (χ3n) is 6.66. The molecule has 0 atom stereocenters. The Morgan fingerprint density at radius 2 is 1.55 bits per heavy atom. The molecule has 29 heavy (non-hydrogen) atoms. The largest absolute Gasteiger partial charge is 0.465 e. The van der Waals surface area contributed by atoms with Crippen LogP contribution >= 0.6 is 11.6 Å². The first-order valence-corrected chi connectivity index (χ1v) is 10.6. The van der Waals surface area contributed by atoms with E-state index in [2.05, 4.69) is 42.5 Å². The first-order chi connectivity index (χ1) is 14.2. The van der Waals surface area contributed by atoms with E-state index in [1.54, 1.807) is 12.1 Å². The summed E-state index contributed by atoms with van der Waals surface area (Å²) in [6.45, 7) is 0. The standard InChI is InChI=1S/C26H23ClO2/c1-29-25(28)21-13-12-17(27)16-22(21)20-10-7-9-19-18-8-3-4-11-23(18)26(24(19)20)14-5-2-6-15-26/h3-4,7-13,16H,2,5-6,14-15H2,1H3. The van der Waals surface area contributed by atoms with Gasteiger partial charge in [-0.3, -0.25) is 0 Å². The van der Waals surface area contributed by atoms with E-state index in [1.165, 1.54) is 48.6 Å². The number of hydrogen-bond donors (Lipinski definition) is 0. The van der Waals surface area contributed by atoms with Crippen LogP contribution in [0.1, 0.15) is 53.6 Å². The number of benzene rings is 3. The summed E-state index contributed by atoms with van der Waals surface area (Å²) in [7, 11) is 1.43. The molecule has 1 saturated carbocycles. The maximum absolute atomic E-state index is 12.5. The Bertz CT molecular complexity index is 1110. The lowest BCUT2D eigenvalue weighted by Gasteiger charge is -2.37. The Balaban J connectivity index is 1.83. The van der Waals surface area contributed by atoms with Crippen LogP contribution in [0.25, 0.3) is 22.3 Å². The number of methoxy groups -OCH3 is 1. The van der Waals surface area contributed by atoms with Crippen molar-refractivity contribution >= 4 is 17.6 Å². The molecule has 1 spiro atoms. The predicted molar refractivity (Wildman–Crippen MR) is 118 cm³/mol. The van der Waals surface area contributed by atoms with Gasteiger partial charge in [0.15, 0.2) is 0 Å². The minimum atomic E-state index is -0.331. The van der Waals surface area contributed by atoms with Gasteiger partial charge >= 0.3 is 5.97 Å². The highest BCUT2D eigenvalue weighted by Crippen LogP contribution is 2.58. The molecule has 5 rings (SSSR count). The highest BCUT2D eigenvalue weighted by molar-refractivity contribution is 6.31. The Kier molecular flexibility index (Phi) is 4.48. The van der Waals surface area contributed by atoms with Crippen LogP contribution in [0.2, 0.25) is 5.02 Å². The van der Waals surface area contributed by atoms with Gasteiger partial charge in [0.2, 0.25) is 0 Å². The van der Waals surface area contributed by atoms with E-state index in [4.69, 9.17) is 16.3 Å². The molecule has 0 heterocycles. The molecular formula is C26H23ClO2. The third-order valence-corrected chi connectivity index (χ3v) is 6.90. The van der Waals surface area contributed by atoms with Crippen LogP contribution in [0.4, 0.5) is 0 Å². The SMILES string of the molecule is COC(=O)c1ccc(Cl)cc1-c1cccc2c1C1(CCCCC1)c1ccccc1-2. The molecular weight excluding hydrogens is 380 g/mol. The van der Waals surface area contributed by atoms with Gasteiger partial charge in [-0.2, -0.15) is 0 Å². The Morgan fingerprint density at radius 1 is 0.862 bits per heavy atom. The molecule has 0 amide bonds. The minimum Gasteiger partial charge on any atom is -0.465 e. The first-order valence-electron chi connectivity index (χ1n) is 10.3. The van der Waals surface area contributed by atoms with Crippen molar-refractivity contribution in [3.8, 4) is 22.3 Å². The number of carbonyl (C=O) groups excluding carboxylic acids is 1. The fourth-order valence-corrected chi connectivity index (χ4v) is 5.66. The Hall–Kier alpha value is -2.58. The summed E-state index contributed by atoms with van der Waals surface area (Å²) in [5, 5.41) is 0.624. The number of hydrogen-bond acceptors (Lipinski definition) is 2. The highest BCUT2D eigenvalue weighted by Gasteiger charge is 2.45. The molecule has 0 aromatic heterocycles. The van der Waals surface area contributed by atoms with Crippen molar-refractivity contribution in [2.45, 2.75) is 37.5 Å². The van der Waals surface area contributed by atoms with Crippen LogP contribution in [0.15, 0.2) is 60.7 Å². The molecule has 0 bridgehead atoms. The van der Waals surface area contributed by atoms with Crippen molar-refractivity contribution in [3.63, 3.8) is 0 Å². The molecule has 1 fully saturated rings. The van der Waals surface area contributed by atoms with Gasteiger partial charge in [0, 0.05) is 10.4 Å². The van der Waals surface area contributed by atoms with Crippen LogP contribution in [0.5, 0.6) is 0 Å². The van der Waals surface area contributed by atoms with Gasteiger partial charge in [0.05, 0.1) is 12.7 Å². The van der Waals surface area contributed by atoms with Crippen LogP contribution in [-0.4, -0.2) is 13.1 Å². The molecule has 2 nitrogen and oxygen atoms in total. The smallest absolute Gasteiger partial charge is 0.338 e. The van der Waals surface area contributed by atoms with Gasteiger partial charge in [-0.1, -0.05) is 73.3 Å². The minimum absolute atomic E-state index is 0.0104. The van der Waals surface area contributed by atoms with Gasteiger partial charge < -0.3 is 4.74 Å². The molecule has 0 saturated heterocycles. The number of ether oxygens (including phenoxy) is 1. The molecule has 3 aromatic carbocycles. The van der Waals surface area contributed by atoms with Crippen molar-refractivity contribution in [2.75, 3.05) is 7.11 Å². The lowest BCUT2D eigenvalue weighted by atomic mass is 9.66. The lowest BCUT2D eigenvalue weighted by Crippen LogP contribution is -2.28. The van der Waals surface area contributed by atoms with Crippen molar-refractivity contribution in [3.05, 3.63) is 82.4 Å². The Morgan fingerprint density at radius 3 is 2.31 bits per heavy atom. The van der Waals surface area contributed by atoms with Crippen molar-refractivity contribution in [1.82, 2.24) is 0 Å². The molecule has 3 heteroatoms. The normalized spacial score (nSPS) is 16.3. The lowest BCUT2D eigenvalue weighted by molar-refractivity contribution is 0.0601. The number of fused-ring (bicyclic) bond motifs is 5. The fourth-order valence-electron chi connectivity index (χ4n) is 5.49. The zero-order valence-electron chi connectivity index (χ0n) is 16.5.